The van der Waals surface area contributed by atoms with Gasteiger partial charge in [0.15, 0.2) is 0 Å². The second-order valence-corrected chi connectivity index (χ2v) is 7.95. The van der Waals surface area contributed by atoms with Crippen molar-refractivity contribution in [1.29, 1.82) is 0 Å². The van der Waals surface area contributed by atoms with E-state index in [-0.39, 0.29) is 17.7 Å². The van der Waals surface area contributed by atoms with E-state index in [1.165, 1.54) is 12.1 Å². The molecule has 1 rings (SSSR count). The summed E-state index contributed by atoms with van der Waals surface area (Å²) in [6.45, 7) is 3.86. The highest BCUT2D eigenvalue weighted by Gasteiger charge is 2.53. The van der Waals surface area contributed by atoms with Gasteiger partial charge in [0.25, 0.3) is 11.1 Å². The molecular formula is C13H19F2NO5S2. The molecule has 0 aliphatic rings. The summed E-state index contributed by atoms with van der Waals surface area (Å²) in [6, 6.07) is 5.64. The van der Waals surface area contributed by atoms with Crippen molar-refractivity contribution in [2.45, 2.75) is 43.2 Å². The highest BCUT2D eigenvalue weighted by molar-refractivity contribution is 8.02. The lowest BCUT2D eigenvalue weighted by molar-refractivity contribution is 0.165. The minimum absolute atomic E-state index is 0.0683. The zero-order valence-electron chi connectivity index (χ0n) is 12.6. The molecule has 6 nitrogen and oxygen atoms in total. The Labute approximate surface area is 136 Å². The third kappa shape index (κ3) is 4.93. The Morgan fingerprint density at radius 2 is 1.87 bits per heavy atom. The molecule has 23 heavy (non-hydrogen) atoms. The van der Waals surface area contributed by atoms with E-state index in [2.05, 4.69) is 4.18 Å². The minimum atomic E-state index is -5.84. The first-order valence-corrected chi connectivity index (χ1v) is 9.32. The maximum atomic E-state index is 13.1. The molecule has 0 bridgehead atoms. The summed E-state index contributed by atoms with van der Waals surface area (Å²) in [6.07, 6.45) is 1.75. The van der Waals surface area contributed by atoms with E-state index in [0.717, 1.165) is 18.4 Å². The molecule has 0 saturated heterocycles. The van der Waals surface area contributed by atoms with Gasteiger partial charge in [0.05, 0.1) is 0 Å². The van der Waals surface area contributed by atoms with Gasteiger partial charge >= 0.3 is 14.7 Å². The van der Waals surface area contributed by atoms with Gasteiger partial charge in [-0.2, -0.15) is 17.2 Å². The summed E-state index contributed by atoms with van der Waals surface area (Å²) in [4.78, 5) is 0. The predicted octanol–water partition coefficient (Wildman–Crippen LogP) is 2.40. The normalized spacial score (nSPS) is 16.6. The van der Waals surface area contributed by atoms with Gasteiger partial charge in [-0.05, 0) is 37.0 Å². The van der Waals surface area contributed by atoms with Crippen LogP contribution in [0.2, 0.25) is 0 Å². The van der Waals surface area contributed by atoms with E-state index >= 15 is 0 Å². The number of hydrogen-bond donors (Lipinski definition) is 2. The summed E-state index contributed by atoms with van der Waals surface area (Å²) < 4.78 is 66.4. The van der Waals surface area contributed by atoms with Gasteiger partial charge in [0, 0.05) is 6.04 Å². The van der Waals surface area contributed by atoms with Crippen LogP contribution in [0.25, 0.3) is 0 Å². The van der Waals surface area contributed by atoms with Gasteiger partial charge in [-0.25, -0.2) is 4.21 Å². The fourth-order valence-corrected chi connectivity index (χ4v) is 3.21. The monoisotopic (exact) mass is 371 g/mol. The zero-order chi connectivity index (χ0) is 17.8. The third-order valence-electron chi connectivity index (χ3n) is 3.21. The first-order valence-electron chi connectivity index (χ1n) is 6.81. The standard InChI is InChI=1S/C13H19F2NO5S2/c1-3-4-12(9(2)16)10-5-7-11(8-6-10)21-22(17)13(14,15)23(18,19)20/h5-9,12H,3-4,16H2,1-2H3,(H,18,19,20). The van der Waals surface area contributed by atoms with Crippen LogP contribution in [0.3, 0.4) is 0 Å². The SMILES string of the molecule is CCCC(c1ccc(OS(=O)C(F)(F)S(=O)(=O)O)cc1)C(C)N. The molecule has 1 aromatic carbocycles. The molecule has 132 valence electrons. The Kier molecular flexibility index (Phi) is 6.63. The first-order chi connectivity index (χ1) is 10.5. The third-order valence-corrected chi connectivity index (χ3v) is 5.58. The van der Waals surface area contributed by atoms with Gasteiger partial charge in [0.1, 0.15) is 5.75 Å². The number of alkyl halides is 2. The lowest BCUT2D eigenvalue weighted by Crippen LogP contribution is -2.35. The average molecular weight is 371 g/mol. The Bertz CT molecular complexity index is 647. The maximum Gasteiger partial charge on any atom is 0.481 e. The van der Waals surface area contributed by atoms with Crippen LogP contribution in [-0.2, 0) is 21.2 Å². The number of halogens is 2. The topological polar surface area (TPSA) is 107 Å². The molecule has 1 aromatic rings. The lowest BCUT2D eigenvalue weighted by atomic mass is 9.89. The van der Waals surface area contributed by atoms with Crippen LogP contribution < -0.4 is 9.92 Å². The molecule has 0 aliphatic carbocycles. The molecule has 3 N–H and O–H groups in total. The Balaban J connectivity index is 2.92. The lowest BCUT2D eigenvalue weighted by Gasteiger charge is -2.21. The van der Waals surface area contributed by atoms with E-state index in [1.807, 2.05) is 13.8 Å². The second-order valence-electron chi connectivity index (χ2n) is 5.08. The van der Waals surface area contributed by atoms with Crippen LogP contribution >= 0.6 is 0 Å². The van der Waals surface area contributed by atoms with Gasteiger partial charge < -0.3 is 9.92 Å². The van der Waals surface area contributed by atoms with Crippen LogP contribution in [0, 0.1) is 0 Å². The van der Waals surface area contributed by atoms with E-state index in [9.17, 15) is 21.4 Å². The largest absolute Gasteiger partial charge is 0.481 e. The molecule has 0 aliphatic heterocycles. The van der Waals surface area contributed by atoms with Crippen molar-refractivity contribution in [2.75, 3.05) is 0 Å². The van der Waals surface area contributed by atoms with Gasteiger partial charge in [-0.3, -0.25) is 4.55 Å². The number of hydrogen-bond acceptors (Lipinski definition) is 5. The quantitative estimate of drug-likeness (QED) is 0.680. The summed E-state index contributed by atoms with van der Waals surface area (Å²) >= 11 is -3.58. The Hall–Kier alpha value is -1.10. The van der Waals surface area contributed by atoms with E-state index in [0.29, 0.717) is 0 Å². The van der Waals surface area contributed by atoms with E-state index in [1.54, 1.807) is 12.1 Å². The van der Waals surface area contributed by atoms with Crippen molar-refractivity contribution < 1.29 is 30.1 Å². The van der Waals surface area contributed by atoms with Gasteiger partial charge in [-0.15, -0.1) is 0 Å². The number of nitrogens with two attached hydrogens (primary N) is 1. The minimum Gasteiger partial charge on any atom is -0.395 e. The smallest absolute Gasteiger partial charge is 0.395 e. The van der Waals surface area contributed by atoms with Crippen molar-refractivity contribution in [3.8, 4) is 5.75 Å². The molecule has 0 amide bonds. The predicted molar refractivity (Wildman–Crippen MR) is 83.0 cm³/mol. The molecule has 0 saturated carbocycles. The molecule has 0 fully saturated rings. The van der Waals surface area contributed by atoms with Crippen molar-refractivity contribution in [1.82, 2.24) is 0 Å². The molecular weight excluding hydrogens is 352 g/mol. The molecule has 10 heteroatoms. The molecule has 0 aromatic heterocycles. The van der Waals surface area contributed by atoms with Crippen LogP contribution in [0.15, 0.2) is 24.3 Å². The summed E-state index contributed by atoms with van der Waals surface area (Å²) in [7, 11) is -5.84. The number of rotatable bonds is 8. The van der Waals surface area contributed by atoms with Crippen molar-refractivity contribution in [3.63, 3.8) is 0 Å². The molecule has 3 unspecified atom stereocenters. The Morgan fingerprint density at radius 3 is 2.26 bits per heavy atom. The zero-order valence-corrected chi connectivity index (χ0v) is 14.2. The first kappa shape index (κ1) is 19.9. The fourth-order valence-electron chi connectivity index (χ4n) is 2.04. The second kappa shape index (κ2) is 7.65. The molecule has 0 spiro atoms. The van der Waals surface area contributed by atoms with Crippen LogP contribution in [0.5, 0.6) is 5.75 Å². The summed E-state index contributed by atoms with van der Waals surface area (Å²) in [5.74, 6) is -0.144. The van der Waals surface area contributed by atoms with Crippen LogP contribution in [0.4, 0.5) is 8.78 Å². The summed E-state index contributed by atoms with van der Waals surface area (Å²) in [5, 5.41) is 0. The molecule has 3 atom stereocenters. The maximum absolute atomic E-state index is 13.1. The summed E-state index contributed by atoms with van der Waals surface area (Å²) in [5.41, 5.74) is 6.77. The van der Waals surface area contributed by atoms with E-state index in [4.69, 9.17) is 10.3 Å². The van der Waals surface area contributed by atoms with Gasteiger partial charge in [-0.1, -0.05) is 25.5 Å². The van der Waals surface area contributed by atoms with Gasteiger partial charge in [0.2, 0.25) is 0 Å². The average Bonchev–Trinajstić information content (AvgIpc) is 2.44. The van der Waals surface area contributed by atoms with Crippen LogP contribution in [-0.4, -0.2) is 27.8 Å². The molecule has 0 heterocycles. The fraction of sp³-hybridized carbons (Fsp3) is 0.538. The number of benzene rings is 1. The Morgan fingerprint density at radius 1 is 1.35 bits per heavy atom. The van der Waals surface area contributed by atoms with Crippen molar-refractivity contribution in [3.05, 3.63) is 29.8 Å². The van der Waals surface area contributed by atoms with Crippen LogP contribution in [0.1, 0.15) is 38.2 Å². The van der Waals surface area contributed by atoms with Crippen molar-refractivity contribution in [2.24, 2.45) is 5.73 Å². The molecule has 0 radical (unpaired) electrons. The van der Waals surface area contributed by atoms with Crippen molar-refractivity contribution >= 4 is 21.2 Å². The van der Waals surface area contributed by atoms with E-state index < -0.39 is 25.8 Å². The highest BCUT2D eigenvalue weighted by Crippen LogP contribution is 2.29. The highest BCUT2D eigenvalue weighted by atomic mass is 32.3.